The third kappa shape index (κ3) is 2.27. The van der Waals surface area contributed by atoms with E-state index in [1.54, 1.807) is 7.11 Å². The number of hydrogen-bond donors (Lipinski definition) is 1. The molecule has 0 amide bonds. The highest BCUT2D eigenvalue weighted by Gasteiger charge is 2.22. The minimum atomic E-state index is 0.460. The Balaban J connectivity index is 2.14. The molecule has 0 aromatic heterocycles. The molecular weight excluding hydrogens is 198 g/mol. The first-order valence-electron chi connectivity index (χ1n) is 5.75. The molecule has 2 heteroatoms. The third-order valence-electron chi connectivity index (χ3n) is 3.08. The second kappa shape index (κ2) is 4.71. The largest absolute Gasteiger partial charge is 0.497 e. The zero-order valence-corrected chi connectivity index (χ0v) is 10.0. The standard InChI is InChI=1S/C14H19NO/c1-10(2)9-15-14-7-5-11-4-6-12(16-3)8-13(11)14/h4,6,8,14-15H,1,5,7,9H2,2-3H3. The molecule has 0 radical (unpaired) electrons. The van der Waals surface area contributed by atoms with E-state index in [4.69, 9.17) is 4.74 Å². The Morgan fingerprint density at radius 1 is 1.56 bits per heavy atom. The van der Waals surface area contributed by atoms with E-state index in [2.05, 4.69) is 31.0 Å². The average Bonchev–Trinajstić information content (AvgIpc) is 2.68. The quantitative estimate of drug-likeness (QED) is 0.783. The van der Waals surface area contributed by atoms with E-state index in [0.717, 1.165) is 18.7 Å². The number of hydrogen-bond acceptors (Lipinski definition) is 2. The Morgan fingerprint density at radius 2 is 2.38 bits per heavy atom. The summed E-state index contributed by atoms with van der Waals surface area (Å²) >= 11 is 0. The maximum atomic E-state index is 5.27. The molecule has 1 N–H and O–H groups in total. The van der Waals surface area contributed by atoms with Gasteiger partial charge in [0, 0.05) is 12.6 Å². The van der Waals surface area contributed by atoms with Crippen LogP contribution in [-0.4, -0.2) is 13.7 Å². The van der Waals surface area contributed by atoms with Crippen molar-refractivity contribution in [3.8, 4) is 5.75 Å². The van der Waals surface area contributed by atoms with Crippen molar-refractivity contribution in [1.29, 1.82) is 0 Å². The molecule has 0 aliphatic heterocycles. The van der Waals surface area contributed by atoms with E-state index in [9.17, 15) is 0 Å². The van der Waals surface area contributed by atoms with Crippen molar-refractivity contribution < 1.29 is 4.74 Å². The molecule has 2 nitrogen and oxygen atoms in total. The zero-order chi connectivity index (χ0) is 11.5. The molecule has 1 unspecified atom stereocenters. The summed E-state index contributed by atoms with van der Waals surface area (Å²) in [6, 6.07) is 6.83. The summed E-state index contributed by atoms with van der Waals surface area (Å²) in [6.45, 7) is 6.86. The maximum Gasteiger partial charge on any atom is 0.119 e. The molecule has 0 saturated heterocycles. The summed E-state index contributed by atoms with van der Waals surface area (Å²) in [7, 11) is 1.72. The number of benzene rings is 1. The van der Waals surface area contributed by atoms with Gasteiger partial charge in [-0.15, -0.1) is 0 Å². The predicted octanol–water partition coefficient (Wildman–Crippen LogP) is 2.85. The van der Waals surface area contributed by atoms with Crippen LogP contribution >= 0.6 is 0 Å². The van der Waals surface area contributed by atoms with E-state index >= 15 is 0 Å². The summed E-state index contributed by atoms with van der Waals surface area (Å²) < 4.78 is 5.27. The molecule has 0 spiro atoms. The van der Waals surface area contributed by atoms with Gasteiger partial charge in [0.1, 0.15) is 5.75 Å². The molecule has 0 saturated carbocycles. The van der Waals surface area contributed by atoms with Crippen LogP contribution in [0.15, 0.2) is 30.4 Å². The van der Waals surface area contributed by atoms with E-state index in [0.29, 0.717) is 6.04 Å². The first kappa shape index (κ1) is 11.2. The van der Waals surface area contributed by atoms with Crippen molar-refractivity contribution in [1.82, 2.24) is 5.32 Å². The third-order valence-corrected chi connectivity index (χ3v) is 3.08. The van der Waals surface area contributed by atoms with Crippen LogP contribution in [0.1, 0.15) is 30.5 Å². The van der Waals surface area contributed by atoms with Gasteiger partial charge in [-0.1, -0.05) is 18.2 Å². The predicted molar refractivity (Wildman–Crippen MR) is 66.9 cm³/mol. The van der Waals surface area contributed by atoms with Gasteiger partial charge < -0.3 is 10.1 Å². The molecule has 0 heterocycles. The Morgan fingerprint density at radius 3 is 3.06 bits per heavy atom. The monoisotopic (exact) mass is 217 g/mol. The highest BCUT2D eigenvalue weighted by atomic mass is 16.5. The van der Waals surface area contributed by atoms with Crippen LogP contribution in [0.25, 0.3) is 0 Å². The lowest BCUT2D eigenvalue weighted by Crippen LogP contribution is -2.20. The van der Waals surface area contributed by atoms with Gasteiger partial charge in [-0.05, 0) is 43.0 Å². The fourth-order valence-corrected chi connectivity index (χ4v) is 2.22. The molecule has 1 aliphatic rings. The van der Waals surface area contributed by atoms with Crippen molar-refractivity contribution >= 4 is 0 Å². The SMILES string of the molecule is C=C(C)CNC1CCc2ccc(OC)cc21. The number of methoxy groups -OCH3 is 1. The summed E-state index contributed by atoms with van der Waals surface area (Å²) in [5, 5.41) is 3.53. The Bertz CT molecular complexity index is 398. The number of rotatable bonds is 4. The number of aryl methyl sites for hydroxylation is 1. The van der Waals surface area contributed by atoms with E-state index in [1.807, 2.05) is 6.07 Å². The number of nitrogens with one attached hydrogen (secondary N) is 1. The molecule has 1 aromatic rings. The van der Waals surface area contributed by atoms with Gasteiger partial charge in [0.05, 0.1) is 7.11 Å². The highest BCUT2D eigenvalue weighted by molar-refractivity contribution is 5.40. The van der Waals surface area contributed by atoms with E-state index in [-0.39, 0.29) is 0 Å². The van der Waals surface area contributed by atoms with Crippen LogP contribution in [0.2, 0.25) is 0 Å². The Labute approximate surface area is 97.3 Å². The topological polar surface area (TPSA) is 21.3 Å². The molecule has 16 heavy (non-hydrogen) atoms. The number of ether oxygens (including phenoxy) is 1. The summed E-state index contributed by atoms with van der Waals surface area (Å²) in [6.07, 6.45) is 2.34. The van der Waals surface area contributed by atoms with Crippen LogP contribution in [0.5, 0.6) is 5.75 Å². The van der Waals surface area contributed by atoms with Gasteiger partial charge in [-0.2, -0.15) is 0 Å². The fraction of sp³-hybridized carbons (Fsp3) is 0.429. The van der Waals surface area contributed by atoms with Crippen LogP contribution in [0.4, 0.5) is 0 Å². The second-order valence-electron chi connectivity index (χ2n) is 4.49. The van der Waals surface area contributed by atoms with Crippen molar-refractivity contribution in [2.24, 2.45) is 0 Å². The molecule has 2 rings (SSSR count). The average molecular weight is 217 g/mol. The summed E-state index contributed by atoms with van der Waals surface area (Å²) in [5.41, 5.74) is 4.01. The minimum Gasteiger partial charge on any atom is -0.497 e. The van der Waals surface area contributed by atoms with Gasteiger partial charge in [-0.3, -0.25) is 0 Å². The first-order chi connectivity index (χ1) is 7.70. The van der Waals surface area contributed by atoms with Gasteiger partial charge in [-0.25, -0.2) is 0 Å². The summed E-state index contributed by atoms with van der Waals surface area (Å²) in [5.74, 6) is 0.947. The van der Waals surface area contributed by atoms with Crippen LogP contribution in [0.3, 0.4) is 0 Å². The van der Waals surface area contributed by atoms with Crippen molar-refractivity contribution in [2.45, 2.75) is 25.8 Å². The highest BCUT2D eigenvalue weighted by Crippen LogP contribution is 2.33. The second-order valence-corrected chi connectivity index (χ2v) is 4.49. The lowest BCUT2D eigenvalue weighted by Gasteiger charge is -2.14. The van der Waals surface area contributed by atoms with Crippen LogP contribution < -0.4 is 10.1 Å². The first-order valence-corrected chi connectivity index (χ1v) is 5.75. The van der Waals surface area contributed by atoms with E-state index < -0.39 is 0 Å². The van der Waals surface area contributed by atoms with Gasteiger partial charge in [0.2, 0.25) is 0 Å². The van der Waals surface area contributed by atoms with Gasteiger partial charge in [0.15, 0.2) is 0 Å². The van der Waals surface area contributed by atoms with Crippen molar-refractivity contribution in [3.63, 3.8) is 0 Å². The maximum absolute atomic E-state index is 5.27. The Hall–Kier alpha value is -1.28. The summed E-state index contributed by atoms with van der Waals surface area (Å²) in [4.78, 5) is 0. The van der Waals surface area contributed by atoms with E-state index in [1.165, 1.54) is 23.1 Å². The fourth-order valence-electron chi connectivity index (χ4n) is 2.22. The van der Waals surface area contributed by atoms with Crippen molar-refractivity contribution in [2.75, 3.05) is 13.7 Å². The van der Waals surface area contributed by atoms with Crippen LogP contribution in [0, 0.1) is 0 Å². The molecule has 1 aliphatic carbocycles. The normalized spacial score (nSPS) is 18.2. The molecular formula is C14H19NO. The van der Waals surface area contributed by atoms with Gasteiger partial charge in [0.25, 0.3) is 0 Å². The zero-order valence-electron chi connectivity index (χ0n) is 10.0. The molecule has 86 valence electrons. The molecule has 0 fully saturated rings. The van der Waals surface area contributed by atoms with Crippen molar-refractivity contribution in [3.05, 3.63) is 41.5 Å². The molecule has 1 atom stereocenters. The van der Waals surface area contributed by atoms with Gasteiger partial charge >= 0.3 is 0 Å². The molecule has 1 aromatic carbocycles. The molecule has 0 bridgehead atoms. The number of fused-ring (bicyclic) bond motifs is 1. The Kier molecular flexibility index (Phi) is 3.30. The van der Waals surface area contributed by atoms with Crippen LogP contribution in [-0.2, 0) is 6.42 Å². The smallest absolute Gasteiger partial charge is 0.119 e. The lowest BCUT2D eigenvalue weighted by molar-refractivity contribution is 0.413. The minimum absolute atomic E-state index is 0.460. The lowest BCUT2D eigenvalue weighted by atomic mass is 10.1.